The number of hydrogen-bond acceptors (Lipinski definition) is 3. The molecular weight excluding hydrogens is 190 g/mol. The van der Waals surface area contributed by atoms with E-state index in [1.807, 2.05) is 20.9 Å². The highest BCUT2D eigenvalue weighted by Gasteiger charge is 2.26. The molecule has 0 aromatic rings. The molecule has 0 spiro atoms. The number of rotatable bonds is 4. The fraction of sp³-hybridized carbons (Fsp3) is 0.917. The Morgan fingerprint density at radius 2 is 2.00 bits per heavy atom. The predicted molar refractivity (Wildman–Crippen MR) is 60.7 cm³/mol. The number of likely N-dealkylation sites (N-methyl/N-ethyl adjacent to an activating group) is 1. The average molecular weight is 213 g/mol. The fourth-order valence-corrected chi connectivity index (χ4v) is 2.23. The summed E-state index contributed by atoms with van der Waals surface area (Å²) in [6.07, 6.45) is 6.38. The van der Waals surface area contributed by atoms with E-state index in [0.717, 1.165) is 0 Å². The number of nitrogens with zero attached hydrogens (tertiary/aromatic N) is 1. The van der Waals surface area contributed by atoms with Crippen LogP contribution in [-0.2, 0) is 9.53 Å². The van der Waals surface area contributed by atoms with Crippen LogP contribution in [0.2, 0.25) is 0 Å². The van der Waals surface area contributed by atoms with Crippen molar-refractivity contribution in [3.8, 4) is 0 Å². The van der Waals surface area contributed by atoms with Crippen LogP contribution in [-0.4, -0.2) is 36.6 Å². The highest BCUT2D eigenvalue weighted by molar-refractivity contribution is 5.75. The van der Waals surface area contributed by atoms with Crippen molar-refractivity contribution in [2.45, 2.75) is 58.0 Å². The first kappa shape index (κ1) is 12.5. The minimum absolute atomic E-state index is 0.0921. The van der Waals surface area contributed by atoms with Crippen LogP contribution in [0.1, 0.15) is 46.0 Å². The van der Waals surface area contributed by atoms with E-state index in [9.17, 15) is 4.79 Å². The van der Waals surface area contributed by atoms with E-state index in [4.69, 9.17) is 4.74 Å². The minimum atomic E-state index is -0.104. The molecule has 1 aliphatic rings. The quantitative estimate of drug-likeness (QED) is 0.670. The van der Waals surface area contributed by atoms with Gasteiger partial charge < -0.3 is 4.74 Å². The van der Waals surface area contributed by atoms with Gasteiger partial charge in [-0.25, -0.2) is 0 Å². The molecule has 0 heterocycles. The fourth-order valence-electron chi connectivity index (χ4n) is 2.23. The van der Waals surface area contributed by atoms with E-state index < -0.39 is 0 Å². The van der Waals surface area contributed by atoms with Gasteiger partial charge in [-0.1, -0.05) is 19.3 Å². The maximum atomic E-state index is 11.6. The summed E-state index contributed by atoms with van der Waals surface area (Å²) in [5.74, 6) is -0.0921. The van der Waals surface area contributed by atoms with Crippen molar-refractivity contribution < 1.29 is 9.53 Å². The topological polar surface area (TPSA) is 29.5 Å². The molecule has 1 atom stereocenters. The van der Waals surface area contributed by atoms with Crippen LogP contribution >= 0.6 is 0 Å². The van der Waals surface area contributed by atoms with Crippen molar-refractivity contribution in [2.24, 2.45) is 0 Å². The van der Waals surface area contributed by atoms with Crippen LogP contribution < -0.4 is 0 Å². The van der Waals surface area contributed by atoms with Gasteiger partial charge in [0.15, 0.2) is 0 Å². The van der Waals surface area contributed by atoms with Crippen molar-refractivity contribution in [1.29, 1.82) is 0 Å². The van der Waals surface area contributed by atoms with Gasteiger partial charge >= 0.3 is 5.97 Å². The second-order valence-electron chi connectivity index (χ2n) is 4.39. The lowest BCUT2D eigenvalue weighted by atomic mass is 9.94. The van der Waals surface area contributed by atoms with Crippen LogP contribution in [0.25, 0.3) is 0 Å². The predicted octanol–water partition coefficient (Wildman–Crippen LogP) is 2.20. The largest absolute Gasteiger partial charge is 0.465 e. The van der Waals surface area contributed by atoms with Crippen LogP contribution in [0.3, 0.4) is 0 Å². The highest BCUT2D eigenvalue weighted by Crippen LogP contribution is 2.23. The summed E-state index contributed by atoms with van der Waals surface area (Å²) in [5.41, 5.74) is 0. The maximum Gasteiger partial charge on any atom is 0.323 e. The lowest BCUT2D eigenvalue weighted by molar-refractivity contribution is -0.149. The zero-order valence-corrected chi connectivity index (χ0v) is 10.2. The van der Waals surface area contributed by atoms with E-state index in [-0.39, 0.29) is 12.0 Å². The Hall–Kier alpha value is -0.570. The minimum Gasteiger partial charge on any atom is -0.465 e. The van der Waals surface area contributed by atoms with E-state index in [1.54, 1.807) is 0 Å². The molecule has 1 saturated carbocycles. The molecule has 0 aliphatic heterocycles. The SMILES string of the molecule is CCOC(=O)C(C)N(C)C1CCCCC1. The molecule has 0 saturated heterocycles. The Labute approximate surface area is 92.8 Å². The third kappa shape index (κ3) is 3.49. The third-order valence-electron chi connectivity index (χ3n) is 3.39. The van der Waals surface area contributed by atoms with E-state index in [1.165, 1.54) is 32.1 Å². The normalized spacial score (nSPS) is 20.3. The summed E-state index contributed by atoms with van der Waals surface area (Å²) in [6.45, 7) is 4.26. The second kappa shape index (κ2) is 6.11. The summed E-state index contributed by atoms with van der Waals surface area (Å²) < 4.78 is 5.04. The first-order valence-corrected chi connectivity index (χ1v) is 6.05. The van der Waals surface area contributed by atoms with Crippen molar-refractivity contribution in [3.63, 3.8) is 0 Å². The summed E-state index contributed by atoms with van der Waals surface area (Å²) >= 11 is 0. The Morgan fingerprint density at radius 1 is 1.40 bits per heavy atom. The first-order chi connectivity index (χ1) is 7.16. The lowest BCUT2D eigenvalue weighted by Gasteiger charge is -2.34. The molecule has 0 bridgehead atoms. The number of hydrogen-bond donors (Lipinski definition) is 0. The molecule has 88 valence electrons. The maximum absolute atomic E-state index is 11.6. The summed E-state index contributed by atoms with van der Waals surface area (Å²) in [4.78, 5) is 13.7. The lowest BCUT2D eigenvalue weighted by Crippen LogP contribution is -2.44. The molecule has 0 N–H and O–H groups in total. The Balaban J connectivity index is 2.43. The Morgan fingerprint density at radius 3 is 2.53 bits per heavy atom. The van der Waals surface area contributed by atoms with Gasteiger partial charge in [0, 0.05) is 6.04 Å². The summed E-state index contributed by atoms with van der Waals surface area (Å²) in [5, 5.41) is 0. The van der Waals surface area contributed by atoms with Gasteiger partial charge in [-0.15, -0.1) is 0 Å². The number of esters is 1. The molecule has 1 aliphatic carbocycles. The number of ether oxygens (including phenoxy) is 1. The standard InChI is InChI=1S/C12H23NO2/c1-4-15-12(14)10(2)13(3)11-8-6-5-7-9-11/h10-11H,4-9H2,1-3H3. The number of carbonyl (C=O) groups is 1. The monoisotopic (exact) mass is 213 g/mol. The summed E-state index contributed by atoms with van der Waals surface area (Å²) in [6, 6.07) is 0.464. The average Bonchev–Trinajstić information content (AvgIpc) is 2.28. The molecule has 3 heteroatoms. The zero-order valence-electron chi connectivity index (χ0n) is 10.2. The van der Waals surface area contributed by atoms with E-state index in [0.29, 0.717) is 12.6 Å². The van der Waals surface area contributed by atoms with E-state index >= 15 is 0 Å². The van der Waals surface area contributed by atoms with Crippen LogP contribution in [0.4, 0.5) is 0 Å². The molecule has 1 rings (SSSR count). The first-order valence-electron chi connectivity index (χ1n) is 6.05. The number of carbonyl (C=O) groups excluding carboxylic acids is 1. The van der Waals surface area contributed by atoms with Gasteiger partial charge in [-0.05, 0) is 33.7 Å². The molecular formula is C12H23NO2. The molecule has 0 radical (unpaired) electrons. The third-order valence-corrected chi connectivity index (χ3v) is 3.39. The van der Waals surface area contributed by atoms with Crippen LogP contribution in [0, 0.1) is 0 Å². The zero-order chi connectivity index (χ0) is 11.3. The van der Waals surface area contributed by atoms with Crippen molar-refractivity contribution in [3.05, 3.63) is 0 Å². The molecule has 1 fully saturated rings. The Kier molecular flexibility index (Phi) is 5.09. The molecule has 15 heavy (non-hydrogen) atoms. The molecule has 1 unspecified atom stereocenters. The van der Waals surface area contributed by atoms with Crippen molar-refractivity contribution in [2.75, 3.05) is 13.7 Å². The second-order valence-corrected chi connectivity index (χ2v) is 4.39. The van der Waals surface area contributed by atoms with Crippen LogP contribution in [0.15, 0.2) is 0 Å². The van der Waals surface area contributed by atoms with Gasteiger partial charge in [0.2, 0.25) is 0 Å². The van der Waals surface area contributed by atoms with Gasteiger partial charge in [-0.2, -0.15) is 0 Å². The van der Waals surface area contributed by atoms with Gasteiger partial charge in [0.05, 0.1) is 6.61 Å². The highest BCUT2D eigenvalue weighted by atomic mass is 16.5. The Bertz CT molecular complexity index is 200. The smallest absolute Gasteiger partial charge is 0.323 e. The van der Waals surface area contributed by atoms with E-state index in [2.05, 4.69) is 4.90 Å². The molecule has 0 amide bonds. The van der Waals surface area contributed by atoms with Crippen molar-refractivity contribution in [1.82, 2.24) is 4.90 Å². The molecule has 0 aromatic heterocycles. The van der Waals surface area contributed by atoms with Crippen molar-refractivity contribution >= 4 is 5.97 Å². The summed E-state index contributed by atoms with van der Waals surface area (Å²) in [7, 11) is 2.04. The van der Waals surface area contributed by atoms with Gasteiger partial charge in [0.1, 0.15) is 6.04 Å². The molecule has 3 nitrogen and oxygen atoms in total. The van der Waals surface area contributed by atoms with Crippen LogP contribution in [0.5, 0.6) is 0 Å². The molecule has 0 aromatic carbocycles. The van der Waals surface area contributed by atoms with Gasteiger partial charge in [0.25, 0.3) is 0 Å². The van der Waals surface area contributed by atoms with Gasteiger partial charge in [-0.3, -0.25) is 9.69 Å².